The first-order valence-electron chi connectivity index (χ1n) is 7.93. The lowest BCUT2D eigenvalue weighted by Gasteiger charge is -2.27. The Hall–Kier alpha value is -1.89. The highest BCUT2D eigenvalue weighted by molar-refractivity contribution is 5.91. The summed E-state index contributed by atoms with van der Waals surface area (Å²) in [5.74, 6) is 0.286. The lowest BCUT2D eigenvalue weighted by molar-refractivity contribution is -0.117. The fourth-order valence-electron chi connectivity index (χ4n) is 3.20. The topological polar surface area (TPSA) is 17.1 Å². The molecule has 0 spiro atoms. The Morgan fingerprint density at radius 2 is 1.59 bits per heavy atom. The molecule has 2 aromatic rings. The van der Waals surface area contributed by atoms with Crippen molar-refractivity contribution in [3.63, 3.8) is 0 Å². The molecule has 0 unspecified atom stereocenters. The maximum absolute atomic E-state index is 11.0. The summed E-state index contributed by atoms with van der Waals surface area (Å²) in [5.41, 5.74) is 4.19. The van der Waals surface area contributed by atoms with Gasteiger partial charge >= 0.3 is 0 Å². The molecule has 1 nitrogen and oxygen atoms in total. The Morgan fingerprint density at radius 1 is 0.909 bits per heavy atom. The second-order valence-electron chi connectivity index (χ2n) is 7.20. The highest BCUT2D eigenvalue weighted by Gasteiger charge is 2.25. The third kappa shape index (κ3) is 4.07. The molecule has 1 aliphatic carbocycles. The summed E-state index contributed by atoms with van der Waals surface area (Å²) in [7, 11) is 0. The van der Waals surface area contributed by atoms with E-state index in [1.807, 2.05) is 6.92 Å². The number of hydrogen-bond donors (Lipinski definition) is 0. The molecule has 116 valence electrons. The molecule has 2 aromatic carbocycles. The Morgan fingerprint density at radius 3 is 2.23 bits per heavy atom. The van der Waals surface area contributed by atoms with Crippen LogP contribution in [0.15, 0.2) is 48.0 Å². The van der Waals surface area contributed by atoms with Crippen molar-refractivity contribution in [2.45, 2.75) is 47.5 Å². The Labute approximate surface area is 134 Å². The zero-order chi connectivity index (χ0) is 16.3. The number of aryl methyl sites for hydroxylation is 2. The summed E-state index contributed by atoms with van der Waals surface area (Å²) >= 11 is 0. The predicted octanol–water partition coefficient (Wildman–Crippen LogP) is 5.78. The predicted molar refractivity (Wildman–Crippen MR) is 95.2 cm³/mol. The second kappa shape index (κ2) is 6.48. The third-order valence-corrected chi connectivity index (χ3v) is 4.29. The van der Waals surface area contributed by atoms with E-state index < -0.39 is 0 Å². The number of benzene rings is 2. The van der Waals surface area contributed by atoms with Crippen LogP contribution in [-0.4, -0.2) is 5.78 Å². The van der Waals surface area contributed by atoms with Crippen molar-refractivity contribution >= 4 is 16.6 Å². The fraction of sp³-hybridized carbons (Fsp3) is 0.381. The van der Waals surface area contributed by atoms with E-state index in [1.54, 1.807) is 6.08 Å². The molecule has 0 saturated heterocycles. The van der Waals surface area contributed by atoms with E-state index in [4.69, 9.17) is 0 Å². The van der Waals surface area contributed by atoms with Gasteiger partial charge in [-0.2, -0.15) is 0 Å². The summed E-state index contributed by atoms with van der Waals surface area (Å²) in [6, 6.07) is 12.9. The highest BCUT2D eigenvalue weighted by Crippen LogP contribution is 2.32. The number of allylic oxidation sites excluding steroid dienone is 2. The SMILES string of the molecule is CC1=CC(=O)CC(C)(C)C1.Cc1ccc2ccccc2c1C. The molecule has 0 fully saturated rings. The second-order valence-corrected chi connectivity index (χ2v) is 7.20. The van der Waals surface area contributed by atoms with Gasteiger partial charge in [0.1, 0.15) is 0 Å². The molecule has 1 heteroatoms. The first-order valence-corrected chi connectivity index (χ1v) is 7.93. The van der Waals surface area contributed by atoms with Gasteiger partial charge in [0.2, 0.25) is 0 Å². The Bertz CT molecular complexity index is 720. The molecule has 0 amide bonds. The van der Waals surface area contributed by atoms with Crippen molar-refractivity contribution in [1.29, 1.82) is 0 Å². The first-order chi connectivity index (χ1) is 10.3. The fourth-order valence-corrected chi connectivity index (χ4v) is 3.20. The van der Waals surface area contributed by atoms with Gasteiger partial charge in [0.15, 0.2) is 5.78 Å². The molecule has 0 radical (unpaired) electrons. The molecule has 0 aromatic heterocycles. The summed E-state index contributed by atoms with van der Waals surface area (Å²) < 4.78 is 0. The average molecular weight is 294 g/mol. The monoisotopic (exact) mass is 294 g/mol. The molecule has 0 aliphatic heterocycles. The van der Waals surface area contributed by atoms with Gasteiger partial charge in [0, 0.05) is 6.42 Å². The van der Waals surface area contributed by atoms with Gasteiger partial charge in [0.25, 0.3) is 0 Å². The summed E-state index contributed by atoms with van der Waals surface area (Å²) in [6.45, 7) is 10.6. The summed E-state index contributed by atoms with van der Waals surface area (Å²) in [4.78, 5) is 11.0. The van der Waals surface area contributed by atoms with Gasteiger partial charge < -0.3 is 0 Å². The van der Waals surface area contributed by atoms with Crippen LogP contribution in [0.1, 0.15) is 44.7 Å². The molecule has 0 atom stereocenters. The lowest BCUT2D eigenvalue weighted by atomic mass is 9.77. The number of ketones is 1. The van der Waals surface area contributed by atoms with E-state index in [1.165, 1.54) is 27.5 Å². The first kappa shape index (κ1) is 16.5. The van der Waals surface area contributed by atoms with Crippen LogP contribution in [0.3, 0.4) is 0 Å². The highest BCUT2D eigenvalue weighted by atomic mass is 16.1. The van der Waals surface area contributed by atoms with E-state index in [0.29, 0.717) is 6.42 Å². The van der Waals surface area contributed by atoms with Crippen LogP contribution in [0, 0.1) is 19.3 Å². The maximum atomic E-state index is 11.0. The normalized spacial score (nSPS) is 16.8. The standard InChI is InChI=1S/C12H12.C9H14O/c1-9-7-8-11-5-3-4-6-12(11)10(9)2;1-7-4-8(10)6-9(2,3)5-7/h3-8H,1-2H3;4H,5-6H2,1-3H3. The van der Waals surface area contributed by atoms with Crippen molar-refractivity contribution in [2.24, 2.45) is 5.41 Å². The van der Waals surface area contributed by atoms with Gasteiger partial charge in [0.05, 0.1) is 0 Å². The molecule has 22 heavy (non-hydrogen) atoms. The quantitative estimate of drug-likeness (QED) is 0.602. The zero-order valence-corrected chi connectivity index (χ0v) is 14.4. The molecular weight excluding hydrogens is 268 g/mol. The lowest BCUT2D eigenvalue weighted by Crippen LogP contribution is -2.20. The van der Waals surface area contributed by atoms with Crippen LogP contribution in [0.2, 0.25) is 0 Å². The summed E-state index contributed by atoms with van der Waals surface area (Å²) in [6.07, 6.45) is 3.55. The van der Waals surface area contributed by atoms with Crippen molar-refractivity contribution in [1.82, 2.24) is 0 Å². The number of fused-ring (bicyclic) bond motifs is 1. The van der Waals surface area contributed by atoms with E-state index >= 15 is 0 Å². The largest absolute Gasteiger partial charge is 0.295 e. The van der Waals surface area contributed by atoms with E-state index in [0.717, 1.165) is 6.42 Å². The molecular formula is C21H26O. The van der Waals surface area contributed by atoms with Crippen molar-refractivity contribution in [3.05, 3.63) is 59.2 Å². The van der Waals surface area contributed by atoms with Gasteiger partial charge in [-0.25, -0.2) is 0 Å². The molecule has 0 N–H and O–H groups in total. The minimum Gasteiger partial charge on any atom is -0.295 e. The molecule has 1 aliphatic rings. The van der Waals surface area contributed by atoms with Crippen molar-refractivity contribution in [3.8, 4) is 0 Å². The van der Waals surface area contributed by atoms with Crippen molar-refractivity contribution < 1.29 is 4.79 Å². The van der Waals surface area contributed by atoms with E-state index in [-0.39, 0.29) is 11.2 Å². The third-order valence-electron chi connectivity index (χ3n) is 4.29. The smallest absolute Gasteiger partial charge is 0.156 e. The Kier molecular flexibility index (Phi) is 4.85. The van der Waals surface area contributed by atoms with Crippen LogP contribution in [0.4, 0.5) is 0 Å². The number of carbonyl (C=O) groups excluding carboxylic acids is 1. The number of carbonyl (C=O) groups is 1. The van der Waals surface area contributed by atoms with Crippen LogP contribution < -0.4 is 0 Å². The summed E-state index contributed by atoms with van der Waals surface area (Å²) in [5, 5.41) is 2.71. The van der Waals surface area contributed by atoms with E-state index in [2.05, 4.69) is 64.1 Å². The molecule has 0 bridgehead atoms. The number of rotatable bonds is 0. The Balaban J connectivity index is 0.000000164. The zero-order valence-electron chi connectivity index (χ0n) is 14.4. The minimum atomic E-state index is 0.204. The van der Waals surface area contributed by atoms with Gasteiger partial charge in [-0.3, -0.25) is 4.79 Å². The van der Waals surface area contributed by atoms with Crippen LogP contribution in [0.25, 0.3) is 10.8 Å². The number of hydrogen-bond acceptors (Lipinski definition) is 1. The van der Waals surface area contributed by atoms with Crippen LogP contribution >= 0.6 is 0 Å². The van der Waals surface area contributed by atoms with Crippen LogP contribution in [-0.2, 0) is 4.79 Å². The maximum Gasteiger partial charge on any atom is 0.156 e. The minimum absolute atomic E-state index is 0.204. The van der Waals surface area contributed by atoms with Gasteiger partial charge in [-0.15, -0.1) is 0 Å². The molecule has 0 saturated carbocycles. The van der Waals surface area contributed by atoms with Gasteiger partial charge in [-0.05, 0) is 60.6 Å². The average Bonchev–Trinajstić information content (AvgIpc) is 2.41. The van der Waals surface area contributed by atoms with E-state index in [9.17, 15) is 4.79 Å². The van der Waals surface area contributed by atoms with Crippen LogP contribution in [0.5, 0.6) is 0 Å². The molecule has 3 rings (SSSR count). The van der Waals surface area contributed by atoms with Crippen molar-refractivity contribution in [2.75, 3.05) is 0 Å². The van der Waals surface area contributed by atoms with Gasteiger partial charge in [-0.1, -0.05) is 55.8 Å². The molecule has 0 heterocycles.